The van der Waals surface area contributed by atoms with E-state index in [1.807, 2.05) is 6.07 Å². The van der Waals surface area contributed by atoms with Crippen LogP contribution in [-0.2, 0) is 19.1 Å². The van der Waals surface area contributed by atoms with Gasteiger partial charge < -0.3 is 10.1 Å². The van der Waals surface area contributed by atoms with Crippen LogP contribution in [0.3, 0.4) is 0 Å². The summed E-state index contributed by atoms with van der Waals surface area (Å²) in [6, 6.07) is 15.1. The maximum absolute atomic E-state index is 12.9. The summed E-state index contributed by atoms with van der Waals surface area (Å²) in [6.45, 7) is 1.66. The second kappa shape index (κ2) is 8.71. The van der Waals surface area contributed by atoms with Gasteiger partial charge in [-0.2, -0.15) is 0 Å². The van der Waals surface area contributed by atoms with E-state index in [9.17, 15) is 19.2 Å². The summed E-state index contributed by atoms with van der Waals surface area (Å²) in [6.07, 6.45) is 2.36. The number of benzene rings is 2. The standard InChI is InChI=1S/C24H24N2O5/c1-15-10-11-19-20(12-15)23(29)26(22(19)28)18-9-5-6-16(13-18)24(30)31-14-21(27)25-17-7-3-2-4-8-17/h2-9,13,15,19-20H,10-12,14H2,1H3,(H,25,27)/t15-,19-,20+/m0/s1. The van der Waals surface area contributed by atoms with Crippen LogP contribution >= 0.6 is 0 Å². The highest BCUT2D eigenvalue weighted by Gasteiger charge is 2.50. The van der Waals surface area contributed by atoms with Crippen molar-refractivity contribution in [3.63, 3.8) is 0 Å². The summed E-state index contributed by atoms with van der Waals surface area (Å²) in [5.74, 6) is -1.70. The van der Waals surface area contributed by atoms with Gasteiger partial charge in [-0.05, 0) is 55.5 Å². The van der Waals surface area contributed by atoms with Gasteiger partial charge in [0.2, 0.25) is 11.8 Å². The molecule has 1 N–H and O–H groups in total. The van der Waals surface area contributed by atoms with Crippen LogP contribution in [0, 0.1) is 17.8 Å². The minimum absolute atomic E-state index is 0.175. The molecule has 4 rings (SSSR count). The van der Waals surface area contributed by atoms with E-state index in [0.29, 0.717) is 30.1 Å². The zero-order valence-corrected chi connectivity index (χ0v) is 17.2. The Balaban J connectivity index is 1.42. The number of amides is 3. The number of nitrogens with zero attached hydrogens (tertiary/aromatic N) is 1. The third-order valence-corrected chi connectivity index (χ3v) is 5.92. The van der Waals surface area contributed by atoms with Crippen molar-refractivity contribution in [3.8, 4) is 0 Å². The van der Waals surface area contributed by atoms with Crippen molar-refractivity contribution in [1.82, 2.24) is 0 Å². The van der Waals surface area contributed by atoms with Gasteiger partial charge in [-0.3, -0.25) is 19.3 Å². The smallest absolute Gasteiger partial charge is 0.338 e. The molecule has 160 valence electrons. The van der Waals surface area contributed by atoms with Gasteiger partial charge in [0.05, 0.1) is 23.1 Å². The number of carbonyl (C=O) groups is 4. The Morgan fingerprint density at radius 2 is 1.74 bits per heavy atom. The van der Waals surface area contributed by atoms with Crippen molar-refractivity contribution in [2.75, 3.05) is 16.8 Å². The number of para-hydroxylation sites is 1. The highest BCUT2D eigenvalue weighted by molar-refractivity contribution is 6.22. The van der Waals surface area contributed by atoms with E-state index < -0.39 is 18.5 Å². The van der Waals surface area contributed by atoms with Gasteiger partial charge in [-0.25, -0.2) is 4.79 Å². The van der Waals surface area contributed by atoms with E-state index in [4.69, 9.17) is 4.74 Å². The fraction of sp³-hybridized carbons (Fsp3) is 0.333. The molecule has 2 aromatic rings. The summed E-state index contributed by atoms with van der Waals surface area (Å²) < 4.78 is 5.10. The number of hydrogen-bond donors (Lipinski definition) is 1. The molecule has 31 heavy (non-hydrogen) atoms. The van der Waals surface area contributed by atoms with Crippen LogP contribution in [0.2, 0.25) is 0 Å². The maximum atomic E-state index is 12.9. The predicted molar refractivity (Wildman–Crippen MR) is 114 cm³/mol. The van der Waals surface area contributed by atoms with Crippen molar-refractivity contribution in [2.45, 2.75) is 26.2 Å². The van der Waals surface area contributed by atoms with Gasteiger partial charge in [0, 0.05) is 5.69 Å². The summed E-state index contributed by atoms with van der Waals surface area (Å²) >= 11 is 0. The molecule has 0 radical (unpaired) electrons. The molecular formula is C24H24N2O5. The SMILES string of the molecule is C[C@H]1CC[C@@H]2C(=O)N(c3cccc(C(=O)OCC(=O)Nc4ccccc4)c3)C(=O)[C@@H]2C1. The molecule has 1 heterocycles. The average Bonchev–Trinajstić information content (AvgIpc) is 3.02. The summed E-state index contributed by atoms with van der Waals surface area (Å²) in [5, 5.41) is 2.63. The van der Waals surface area contributed by atoms with Gasteiger partial charge >= 0.3 is 5.97 Å². The molecule has 1 saturated carbocycles. The molecular weight excluding hydrogens is 396 g/mol. The second-order valence-electron chi connectivity index (χ2n) is 8.18. The van der Waals surface area contributed by atoms with Crippen molar-refractivity contribution in [1.29, 1.82) is 0 Å². The molecule has 0 aromatic heterocycles. The average molecular weight is 420 g/mol. The molecule has 2 aromatic carbocycles. The molecule has 1 aliphatic carbocycles. The Morgan fingerprint density at radius 3 is 2.52 bits per heavy atom. The van der Waals surface area contributed by atoms with Crippen LogP contribution < -0.4 is 10.2 Å². The minimum Gasteiger partial charge on any atom is -0.452 e. The Bertz CT molecular complexity index is 1020. The van der Waals surface area contributed by atoms with E-state index in [2.05, 4.69) is 12.2 Å². The predicted octanol–water partition coefficient (Wildman–Crippen LogP) is 3.41. The Hall–Kier alpha value is -3.48. The van der Waals surface area contributed by atoms with E-state index in [1.165, 1.54) is 17.0 Å². The molecule has 7 nitrogen and oxygen atoms in total. The van der Waals surface area contributed by atoms with Crippen molar-refractivity contribution < 1.29 is 23.9 Å². The monoisotopic (exact) mass is 420 g/mol. The lowest BCUT2D eigenvalue weighted by Crippen LogP contribution is -2.31. The van der Waals surface area contributed by atoms with Crippen LogP contribution in [0.15, 0.2) is 54.6 Å². The van der Waals surface area contributed by atoms with Crippen molar-refractivity contribution in [3.05, 3.63) is 60.2 Å². The number of carbonyl (C=O) groups excluding carboxylic acids is 4. The van der Waals surface area contributed by atoms with E-state index in [-0.39, 0.29) is 29.2 Å². The number of ether oxygens (including phenoxy) is 1. The lowest BCUT2D eigenvalue weighted by molar-refractivity contribution is -0.122. The van der Waals surface area contributed by atoms with Crippen molar-refractivity contribution >= 4 is 35.1 Å². The number of nitrogens with one attached hydrogen (secondary N) is 1. The van der Waals surface area contributed by atoms with Crippen LogP contribution in [0.25, 0.3) is 0 Å². The quantitative estimate of drug-likeness (QED) is 0.591. The molecule has 2 fully saturated rings. The first-order valence-corrected chi connectivity index (χ1v) is 10.4. The van der Waals surface area contributed by atoms with E-state index in [0.717, 1.165) is 6.42 Å². The van der Waals surface area contributed by atoms with Gasteiger partial charge in [0.15, 0.2) is 6.61 Å². The first-order valence-electron chi connectivity index (χ1n) is 10.4. The van der Waals surface area contributed by atoms with Gasteiger partial charge in [-0.15, -0.1) is 0 Å². The molecule has 0 spiro atoms. The Labute approximate surface area is 180 Å². The van der Waals surface area contributed by atoms with Crippen LogP contribution in [0.1, 0.15) is 36.5 Å². The molecule has 0 unspecified atom stereocenters. The molecule has 3 atom stereocenters. The van der Waals surface area contributed by atoms with Crippen LogP contribution in [0.5, 0.6) is 0 Å². The molecule has 1 aliphatic heterocycles. The Kier molecular flexibility index (Phi) is 5.84. The molecule has 3 amide bonds. The van der Waals surface area contributed by atoms with Gasteiger partial charge in [0.1, 0.15) is 0 Å². The van der Waals surface area contributed by atoms with Gasteiger partial charge in [0.25, 0.3) is 5.91 Å². The number of rotatable bonds is 5. The van der Waals surface area contributed by atoms with Gasteiger partial charge in [-0.1, -0.05) is 31.2 Å². The topological polar surface area (TPSA) is 92.8 Å². The number of hydrogen-bond acceptors (Lipinski definition) is 5. The summed E-state index contributed by atoms with van der Waals surface area (Å²) in [7, 11) is 0. The maximum Gasteiger partial charge on any atom is 0.338 e. The molecule has 7 heteroatoms. The molecule has 0 bridgehead atoms. The third-order valence-electron chi connectivity index (χ3n) is 5.92. The number of imide groups is 1. The highest BCUT2D eigenvalue weighted by Crippen LogP contribution is 2.42. The third kappa shape index (κ3) is 4.35. The summed E-state index contributed by atoms with van der Waals surface area (Å²) in [5.41, 5.74) is 1.14. The van der Waals surface area contributed by atoms with Crippen molar-refractivity contribution in [2.24, 2.45) is 17.8 Å². The number of anilines is 2. The molecule has 1 saturated heterocycles. The van der Waals surface area contributed by atoms with Crippen LogP contribution in [0.4, 0.5) is 11.4 Å². The minimum atomic E-state index is -0.699. The number of fused-ring (bicyclic) bond motifs is 1. The first-order chi connectivity index (χ1) is 14.9. The first kappa shape index (κ1) is 20.8. The van der Waals surface area contributed by atoms with E-state index in [1.54, 1.807) is 36.4 Å². The van der Waals surface area contributed by atoms with E-state index >= 15 is 0 Å². The Morgan fingerprint density at radius 1 is 1.00 bits per heavy atom. The zero-order valence-electron chi connectivity index (χ0n) is 17.2. The zero-order chi connectivity index (χ0) is 22.0. The lowest BCUT2D eigenvalue weighted by atomic mass is 9.76. The highest BCUT2D eigenvalue weighted by atomic mass is 16.5. The normalized spacial score (nSPS) is 22.7. The fourth-order valence-corrected chi connectivity index (χ4v) is 4.35. The second-order valence-corrected chi connectivity index (χ2v) is 8.18. The van der Waals surface area contributed by atoms with Crippen LogP contribution in [-0.4, -0.2) is 30.3 Å². The summed E-state index contributed by atoms with van der Waals surface area (Å²) in [4.78, 5) is 51.4. The molecule has 2 aliphatic rings. The lowest BCUT2D eigenvalue weighted by Gasteiger charge is -2.25. The fourth-order valence-electron chi connectivity index (χ4n) is 4.35. The largest absolute Gasteiger partial charge is 0.452 e. The number of esters is 1.